The standard InChI is InChI=1S/C9H14BrN2O2PS2/c1-3-13-15(16,14-4-2)12-11-7-8-5-6-9(10)17-8/h5-7H,3-4H2,1-2H3,(H,12,16). The van der Waals surface area contributed by atoms with Gasteiger partial charge in [-0.15, -0.1) is 11.3 Å². The molecule has 0 unspecified atom stereocenters. The summed E-state index contributed by atoms with van der Waals surface area (Å²) in [4.78, 5) is 1.03. The molecule has 1 heterocycles. The maximum atomic E-state index is 5.39. The monoisotopic (exact) mass is 356 g/mol. The topological polar surface area (TPSA) is 42.8 Å². The molecule has 1 N–H and O–H groups in total. The van der Waals surface area contributed by atoms with E-state index in [9.17, 15) is 0 Å². The van der Waals surface area contributed by atoms with E-state index in [-0.39, 0.29) is 0 Å². The molecule has 0 saturated carbocycles. The molecule has 17 heavy (non-hydrogen) atoms. The highest BCUT2D eigenvalue weighted by molar-refractivity contribution is 9.11. The van der Waals surface area contributed by atoms with Gasteiger partial charge in [0.05, 0.1) is 23.2 Å². The van der Waals surface area contributed by atoms with Crippen LogP contribution >= 0.6 is 33.9 Å². The van der Waals surface area contributed by atoms with Crippen molar-refractivity contribution in [3.05, 3.63) is 20.8 Å². The maximum absolute atomic E-state index is 5.39. The summed E-state index contributed by atoms with van der Waals surface area (Å²) >= 11 is 10.2. The van der Waals surface area contributed by atoms with Crippen molar-refractivity contribution in [3.63, 3.8) is 0 Å². The van der Waals surface area contributed by atoms with E-state index in [4.69, 9.17) is 20.9 Å². The van der Waals surface area contributed by atoms with Crippen LogP contribution in [0.1, 0.15) is 18.7 Å². The van der Waals surface area contributed by atoms with Crippen molar-refractivity contribution in [2.45, 2.75) is 13.8 Å². The molecule has 4 nitrogen and oxygen atoms in total. The molecule has 0 atom stereocenters. The van der Waals surface area contributed by atoms with Crippen LogP contribution in [-0.4, -0.2) is 19.4 Å². The Morgan fingerprint density at radius 1 is 1.47 bits per heavy atom. The highest BCUT2D eigenvalue weighted by atomic mass is 79.9. The Morgan fingerprint density at radius 2 is 2.12 bits per heavy atom. The Balaban J connectivity index is 2.57. The smallest absolute Gasteiger partial charge is 0.303 e. The fraction of sp³-hybridized carbons (Fsp3) is 0.444. The van der Waals surface area contributed by atoms with Gasteiger partial charge >= 0.3 is 6.64 Å². The van der Waals surface area contributed by atoms with Gasteiger partial charge in [0.25, 0.3) is 0 Å². The van der Waals surface area contributed by atoms with Crippen LogP contribution in [0, 0.1) is 0 Å². The van der Waals surface area contributed by atoms with E-state index >= 15 is 0 Å². The average molecular weight is 357 g/mol. The van der Waals surface area contributed by atoms with Gasteiger partial charge in [0.1, 0.15) is 0 Å². The van der Waals surface area contributed by atoms with E-state index in [1.165, 1.54) is 0 Å². The molecule has 0 aliphatic heterocycles. The molecule has 8 heteroatoms. The second-order valence-corrected chi connectivity index (χ2v) is 8.48. The summed E-state index contributed by atoms with van der Waals surface area (Å²) in [6.07, 6.45) is 1.70. The van der Waals surface area contributed by atoms with Crippen LogP contribution in [0.2, 0.25) is 0 Å². The predicted octanol–water partition coefficient (Wildman–Crippen LogP) is 3.73. The third-order valence-corrected chi connectivity index (χ3v) is 5.56. The third kappa shape index (κ3) is 5.59. The molecule has 0 saturated heterocycles. The van der Waals surface area contributed by atoms with Crippen molar-refractivity contribution in [3.8, 4) is 0 Å². The van der Waals surface area contributed by atoms with Gasteiger partial charge < -0.3 is 9.05 Å². The lowest BCUT2D eigenvalue weighted by molar-refractivity contribution is 0.259. The quantitative estimate of drug-likeness (QED) is 0.459. The zero-order valence-electron chi connectivity index (χ0n) is 9.55. The molecule has 0 fully saturated rings. The highest BCUT2D eigenvalue weighted by Crippen LogP contribution is 2.43. The van der Waals surface area contributed by atoms with Crippen LogP contribution < -0.4 is 5.20 Å². The van der Waals surface area contributed by atoms with E-state index in [1.54, 1.807) is 17.6 Å². The van der Waals surface area contributed by atoms with Crippen LogP contribution in [0.3, 0.4) is 0 Å². The molecule has 96 valence electrons. The lowest BCUT2D eigenvalue weighted by Crippen LogP contribution is -2.09. The Kier molecular flexibility index (Phi) is 6.84. The zero-order valence-corrected chi connectivity index (χ0v) is 13.7. The van der Waals surface area contributed by atoms with Gasteiger partial charge in [-0.25, -0.2) is 5.20 Å². The Hall–Kier alpha value is 0.220. The number of hydrazone groups is 1. The molecule has 1 aromatic heterocycles. The first-order chi connectivity index (χ1) is 8.09. The fourth-order valence-electron chi connectivity index (χ4n) is 0.996. The first kappa shape index (κ1) is 15.3. The van der Waals surface area contributed by atoms with E-state index < -0.39 is 6.64 Å². The summed E-state index contributed by atoms with van der Waals surface area (Å²) in [6.45, 7) is 2.29. The molecule has 1 rings (SSSR count). The van der Waals surface area contributed by atoms with Crippen LogP contribution in [0.4, 0.5) is 0 Å². The minimum atomic E-state index is -2.47. The molecule has 0 radical (unpaired) electrons. The van der Waals surface area contributed by atoms with Crippen LogP contribution in [-0.2, 0) is 20.9 Å². The Morgan fingerprint density at radius 3 is 2.59 bits per heavy atom. The van der Waals surface area contributed by atoms with E-state index in [0.29, 0.717) is 13.2 Å². The van der Waals surface area contributed by atoms with Crippen molar-refractivity contribution < 1.29 is 9.05 Å². The van der Waals surface area contributed by atoms with Gasteiger partial charge in [-0.05, 0) is 53.7 Å². The highest BCUT2D eigenvalue weighted by Gasteiger charge is 2.15. The van der Waals surface area contributed by atoms with Crippen molar-refractivity contribution in [2.75, 3.05) is 13.2 Å². The third-order valence-electron chi connectivity index (χ3n) is 1.56. The number of hydrogen-bond donors (Lipinski definition) is 1. The minimum Gasteiger partial charge on any atom is -0.313 e. The maximum Gasteiger partial charge on any atom is 0.303 e. The summed E-state index contributed by atoms with van der Waals surface area (Å²) in [7, 11) is 0. The number of rotatable bonds is 7. The molecule has 0 aliphatic carbocycles. The molecule has 0 bridgehead atoms. The number of halogens is 1. The molecular formula is C9H14BrN2O2PS2. The summed E-state index contributed by atoms with van der Waals surface area (Å²) in [6, 6.07) is 3.93. The van der Waals surface area contributed by atoms with Crippen molar-refractivity contribution >= 4 is 51.9 Å². The van der Waals surface area contributed by atoms with Gasteiger partial charge in [0.2, 0.25) is 0 Å². The second-order valence-electron chi connectivity index (χ2n) is 2.83. The molecule has 0 aliphatic rings. The number of thiophene rings is 1. The van der Waals surface area contributed by atoms with Crippen LogP contribution in [0.15, 0.2) is 21.0 Å². The summed E-state index contributed by atoms with van der Waals surface area (Å²) in [5, 5.41) is 6.87. The normalized spacial score (nSPS) is 12.2. The largest absolute Gasteiger partial charge is 0.313 e. The molecule has 0 spiro atoms. The van der Waals surface area contributed by atoms with Gasteiger partial charge in [-0.3, -0.25) is 0 Å². The molecule has 0 amide bonds. The van der Waals surface area contributed by atoms with Crippen LogP contribution in [0.25, 0.3) is 0 Å². The zero-order chi connectivity index (χ0) is 12.7. The van der Waals surface area contributed by atoms with Gasteiger partial charge in [0, 0.05) is 4.88 Å². The summed E-state index contributed by atoms with van der Waals surface area (Å²) < 4.78 is 11.8. The Labute approximate surface area is 119 Å². The predicted molar refractivity (Wildman–Crippen MR) is 80.3 cm³/mol. The Bertz CT molecular complexity index is 415. The molecular weight excluding hydrogens is 343 g/mol. The van der Waals surface area contributed by atoms with Gasteiger partial charge in [0.15, 0.2) is 0 Å². The van der Waals surface area contributed by atoms with Crippen molar-refractivity contribution in [2.24, 2.45) is 5.10 Å². The van der Waals surface area contributed by atoms with Crippen LogP contribution in [0.5, 0.6) is 0 Å². The van der Waals surface area contributed by atoms with E-state index in [1.807, 2.05) is 26.0 Å². The van der Waals surface area contributed by atoms with Gasteiger partial charge in [-0.1, -0.05) is 0 Å². The fourth-order valence-corrected chi connectivity index (χ4v) is 4.13. The first-order valence-corrected chi connectivity index (χ1v) is 9.29. The van der Waals surface area contributed by atoms with Crippen molar-refractivity contribution in [1.29, 1.82) is 0 Å². The molecule has 0 aromatic carbocycles. The first-order valence-electron chi connectivity index (χ1n) is 5.04. The van der Waals surface area contributed by atoms with Gasteiger partial charge in [-0.2, -0.15) is 5.10 Å². The number of hydrogen-bond acceptors (Lipinski definition) is 5. The van der Waals surface area contributed by atoms with Crippen molar-refractivity contribution in [1.82, 2.24) is 5.20 Å². The minimum absolute atomic E-state index is 0.504. The lowest BCUT2D eigenvalue weighted by Gasteiger charge is -2.19. The van der Waals surface area contributed by atoms with E-state index in [0.717, 1.165) is 8.66 Å². The van der Waals surface area contributed by atoms with E-state index in [2.05, 4.69) is 26.2 Å². The molecule has 1 aromatic rings. The lowest BCUT2D eigenvalue weighted by atomic mass is 10.5. The number of nitrogens with zero attached hydrogens (tertiary/aromatic N) is 1. The SMILES string of the molecule is CCOP(=S)(NN=Cc1ccc(Br)s1)OCC. The number of nitrogens with one attached hydrogen (secondary N) is 1. The summed E-state index contributed by atoms with van der Waals surface area (Å²) in [5.74, 6) is 0. The average Bonchev–Trinajstić information content (AvgIpc) is 2.65. The second kappa shape index (κ2) is 7.61. The summed E-state index contributed by atoms with van der Waals surface area (Å²) in [5.41, 5.74) is 0.